The number of amides is 2. The molecule has 0 aliphatic heterocycles. The summed E-state index contributed by atoms with van der Waals surface area (Å²) in [6, 6.07) is 6.01. The lowest BCUT2D eigenvalue weighted by molar-refractivity contribution is 0.102. The van der Waals surface area contributed by atoms with Crippen molar-refractivity contribution in [2.75, 3.05) is 24.3 Å². The number of carbonyl (C=O) groups excluding carboxylic acids is 2. The van der Waals surface area contributed by atoms with Crippen LogP contribution in [-0.2, 0) is 6.54 Å². The first-order chi connectivity index (χ1) is 16.2. The Hall–Kier alpha value is -2.40. The Kier molecular flexibility index (Phi) is 9.12. The number of methoxy groups -OCH3 is 1. The van der Waals surface area contributed by atoms with Crippen LogP contribution in [0.1, 0.15) is 32.5 Å². The Balaban J connectivity index is 1.86. The highest BCUT2D eigenvalue weighted by molar-refractivity contribution is 7.13. The maximum Gasteiger partial charge on any atom is 0.267 e. The summed E-state index contributed by atoms with van der Waals surface area (Å²) in [4.78, 5) is 30.4. The van der Waals surface area contributed by atoms with Crippen LogP contribution in [0.2, 0.25) is 15.1 Å². The lowest BCUT2D eigenvalue weighted by Crippen LogP contribution is -2.23. The molecule has 1 unspecified atom stereocenters. The molecule has 2 heterocycles. The summed E-state index contributed by atoms with van der Waals surface area (Å²) in [5, 5.41) is 20.5. The van der Waals surface area contributed by atoms with Crippen LogP contribution in [0.25, 0.3) is 0 Å². The van der Waals surface area contributed by atoms with E-state index in [1.165, 1.54) is 25.4 Å². The maximum absolute atomic E-state index is 13.1. The predicted octanol–water partition coefficient (Wildman–Crippen LogP) is 5.09. The topological polar surface area (TPSA) is 113 Å². The molecule has 1 aromatic carbocycles. The van der Waals surface area contributed by atoms with Gasteiger partial charge in [0, 0.05) is 30.4 Å². The number of hydrogen-bond acceptors (Lipinski definition) is 7. The van der Waals surface area contributed by atoms with E-state index >= 15 is 0 Å². The van der Waals surface area contributed by atoms with Crippen molar-refractivity contribution in [2.45, 2.75) is 19.6 Å². The van der Waals surface area contributed by atoms with Gasteiger partial charge in [-0.05, 0) is 36.1 Å². The zero-order valence-electron chi connectivity index (χ0n) is 18.1. The van der Waals surface area contributed by atoms with Crippen LogP contribution in [0, 0.1) is 0 Å². The monoisotopic (exact) mass is 542 g/mol. The van der Waals surface area contributed by atoms with Gasteiger partial charge in [-0.2, -0.15) is 0 Å². The van der Waals surface area contributed by atoms with E-state index in [0.29, 0.717) is 23.7 Å². The smallest absolute Gasteiger partial charge is 0.267 e. The first-order valence-corrected chi connectivity index (χ1v) is 12.0. The number of aliphatic hydroxyl groups excluding tert-OH is 1. The third-order valence-electron chi connectivity index (χ3n) is 4.50. The van der Waals surface area contributed by atoms with Gasteiger partial charge in [-0.25, -0.2) is 4.98 Å². The van der Waals surface area contributed by atoms with Crippen molar-refractivity contribution in [1.82, 2.24) is 10.3 Å². The second-order valence-corrected chi connectivity index (χ2v) is 9.31. The molecule has 34 heavy (non-hydrogen) atoms. The molecule has 2 aromatic heterocycles. The Labute approximate surface area is 215 Å². The van der Waals surface area contributed by atoms with E-state index in [1.807, 2.05) is 0 Å². The van der Waals surface area contributed by atoms with Gasteiger partial charge in [0.05, 0.1) is 34.5 Å². The fourth-order valence-corrected chi connectivity index (χ4v) is 4.50. The largest absolute Gasteiger partial charge is 0.494 e. The summed E-state index contributed by atoms with van der Waals surface area (Å²) in [5.41, 5.74) is 0.912. The average molecular weight is 544 g/mol. The molecule has 2 amide bonds. The summed E-state index contributed by atoms with van der Waals surface area (Å²) in [7, 11) is 1.40. The quantitative estimate of drug-likeness (QED) is 0.299. The molecule has 4 N–H and O–H groups in total. The molecule has 12 heteroatoms. The summed E-state index contributed by atoms with van der Waals surface area (Å²) in [6.07, 6.45) is 0.885. The fraction of sp³-hybridized carbons (Fsp3) is 0.227. The molecular formula is C22H21Cl3N4O4S. The predicted molar refractivity (Wildman–Crippen MR) is 136 cm³/mol. The second-order valence-electron chi connectivity index (χ2n) is 7.18. The Morgan fingerprint density at radius 1 is 1.15 bits per heavy atom. The van der Waals surface area contributed by atoms with Crippen LogP contribution in [0.15, 0.2) is 35.8 Å². The van der Waals surface area contributed by atoms with Crippen LogP contribution in [0.3, 0.4) is 0 Å². The third kappa shape index (κ3) is 6.59. The van der Waals surface area contributed by atoms with Crippen molar-refractivity contribution in [1.29, 1.82) is 0 Å². The zero-order valence-corrected chi connectivity index (χ0v) is 21.2. The lowest BCUT2D eigenvalue weighted by Gasteiger charge is -2.15. The molecule has 0 saturated heterocycles. The summed E-state index contributed by atoms with van der Waals surface area (Å²) < 4.78 is 5.36. The summed E-state index contributed by atoms with van der Waals surface area (Å²) >= 11 is 19.6. The molecule has 3 aromatic rings. The number of halogens is 3. The fourth-order valence-electron chi connectivity index (χ4n) is 2.92. The minimum absolute atomic E-state index is 0.0703. The Bertz CT molecular complexity index is 1190. The molecule has 8 nitrogen and oxygen atoms in total. The van der Waals surface area contributed by atoms with Gasteiger partial charge in [-0.1, -0.05) is 34.8 Å². The summed E-state index contributed by atoms with van der Waals surface area (Å²) in [5.74, 6) is -0.620. The Morgan fingerprint density at radius 3 is 2.56 bits per heavy atom. The number of rotatable bonds is 9. The van der Waals surface area contributed by atoms with Crippen molar-refractivity contribution < 1.29 is 19.4 Å². The highest BCUT2D eigenvalue weighted by Gasteiger charge is 2.23. The van der Waals surface area contributed by atoms with Crippen LogP contribution >= 0.6 is 46.1 Å². The first-order valence-electron chi connectivity index (χ1n) is 9.96. The third-order valence-corrected chi connectivity index (χ3v) is 6.51. The van der Waals surface area contributed by atoms with Crippen molar-refractivity contribution in [3.8, 4) is 5.75 Å². The molecular weight excluding hydrogens is 523 g/mol. The second kappa shape index (κ2) is 11.8. The molecule has 0 spiro atoms. The van der Waals surface area contributed by atoms with Gasteiger partial charge < -0.3 is 25.8 Å². The van der Waals surface area contributed by atoms with Gasteiger partial charge in [0.1, 0.15) is 16.4 Å². The molecule has 1 atom stereocenters. The van der Waals surface area contributed by atoms with Gasteiger partial charge in [0.25, 0.3) is 11.8 Å². The SMILES string of the molecule is COc1cc(Cl)cc(C(=O)Nc2ccc(Cl)cn2)c1NC(=O)c1scc(CNCC(C)O)c1Cl. The van der Waals surface area contributed by atoms with E-state index < -0.39 is 17.9 Å². The molecule has 0 bridgehead atoms. The minimum atomic E-state index is -0.564. The number of benzene rings is 1. The van der Waals surface area contributed by atoms with Gasteiger partial charge in [-0.15, -0.1) is 11.3 Å². The Morgan fingerprint density at radius 2 is 1.91 bits per heavy atom. The number of aromatic nitrogens is 1. The summed E-state index contributed by atoms with van der Waals surface area (Å²) in [6.45, 7) is 2.44. The number of carbonyl (C=O) groups is 2. The van der Waals surface area contributed by atoms with Gasteiger partial charge in [0.2, 0.25) is 0 Å². The van der Waals surface area contributed by atoms with Gasteiger partial charge in [-0.3, -0.25) is 9.59 Å². The minimum Gasteiger partial charge on any atom is -0.494 e. The number of pyridine rings is 1. The molecule has 0 saturated carbocycles. The maximum atomic E-state index is 13.1. The number of nitrogens with one attached hydrogen (secondary N) is 3. The van der Waals surface area contributed by atoms with Crippen molar-refractivity contribution >= 4 is 69.5 Å². The van der Waals surface area contributed by atoms with E-state index in [1.54, 1.807) is 24.4 Å². The standard InChI is InChI=1S/C22H21Cl3N4O4S/c1-11(30)7-26-8-12-10-34-20(18(12)25)22(32)29-19-15(5-14(24)6-16(19)33-2)21(31)28-17-4-3-13(23)9-27-17/h3-6,9-11,26,30H,7-8H2,1-2H3,(H,29,32)(H,27,28,31). The van der Waals surface area contributed by atoms with E-state index in [9.17, 15) is 14.7 Å². The van der Waals surface area contributed by atoms with Crippen LogP contribution in [-0.4, -0.2) is 41.7 Å². The molecule has 0 aliphatic carbocycles. The first kappa shape index (κ1) is 26.2. The number of ether oxygens (including phenoxy) is 1. The lowest BCUT2D eigenvalue weighted by atomic mass is 10.1. The van der Waals surface area contributed by atoms with E-state index in [-0.39, 0.29) is 37.7 Å². The van der Waals surface area contributed by atoms with Gasteiger partial charge in [0.15, 0.2) is 0 Å². The molecule has 180 valence electrons. The van der Waals surface area contributed by atoms with E-state index in [2.05, 4.69) is 20.9 Å². The normalized spacial score (nSPS) is 11.7. The van der Waals surface area contributed by atoms with Crippen molar-refractivity contribution in [3.05, 3.63) is 66.9 Å². The average Bonchev–Trinajstić information content (AvgIpc) is 3.16. The van der Waals surface area contributed by atoms with Crippen molar-refractivity contribution in [2.24, 2.45) is 0 Å². The number of anilines is 2. The van der Waals surface area contributed by atoms with Crippen LogP contribution in [0.4, 0.5) is 11.5 Å². The number of hydrogen-bond donors (Lipinski definition) is 4. The van der Waals surface area contributed by atoms with E-state index in [4.69, 9.17) is 39.5 Å². The number of thiophene rings is 1. The number of nitrogens with zero attached hydrogens (tertiary/aromatic N) is 1. The highest BCUT2D eigenvalue weighted by Crippen LogP contribution is 2.35. The number of aliphatic hydroxyl groups is 1. The van der Waals surface area contributed by atoms with Crippen molar-refractivity contribution in [3.63, 3.8) is 0 Å². The van der Waals surface area contributed by atoms with Gasteiger partial charge >= 0.3 is 0 Å². The molecule has 3 rings (SSSR count). The highest BCUT2D eigenvalue weighted by atomic mass is 35.5. The van der Waals surface area contributed by atoms with Crippen LogP contribution in [0.5, 0.6) is 5.75 Å². The molecule has 0 aliphatic rings. The molecule has 0 fully saturated rings. The zero-order chi connectivity index (χ0) is 24.8. The van der Waals surface area contributed by atoms with E-state index in [0.717, 1.165) is 11.3 Å². The van der Waals surface area contributed by atoms with Crippen LogP contribution < -0.4 is 20.7 Å². The molecule has 0 radical (unpaired) electrons.